The highest BCUT2D eigenvalue weighted by molar-refractivity contribution is 6.03. The molecule has 0 spiro atoms. The van der Waals surface area contributed by atoms with Crippen molar-refractivity contribution in [3.05, 3.63) is 60.1 Å². The van der Waals surface area contributed by atoms with Crippen LogP contribution in [0.15, 0.2) is 53.1 Å². The number of amides is 1. The molecular formula is C16H13N3O3. The highest BCUT2D eigenvalue weighted by atomic mass is 16.4. The van der Waals surface area contributed by atoms with E-state index in [1.807, 2.05) is 30.3 Å². The van der Waals surface area contributed by atoms with Gasteiger partial charge in [0, 0.05) is 11.8 Å². The molecule has 0 radical (unpaired) electrons. The number of aromatic hydroxyl groups is 1. The van der Waals surface area contributed by atoms with Gasteiger partial charge in [0.15, 0.2) is 17.3 Å². The summed E-state index contributed by atoms with van der Waals surface area (Å²) < 4.78 is 5.53. The largest absolute Gasteiger partial charge is 0.504 e. The molecule has 2 N–H and O–H groups in total. The molecule has 3 rings (SSSR count). The Hall–Kier alpha value is -3.15. The van der Waals surface area contributed by atoms with Crippen molar-refractivity contribution in [3.8, 4) is 17.2 Å². The van der Waals surface area contributed by atoms with E-state index < -0.39 is 5.91 Å². The molecule has 0 saturated carbocycles. The third-order valence-corrected chi connectivity index (χ3v) is 3.05. The lowest BCUT2D eigenvalue weighted by atomic mass is 10.2. The number of aryl methyl sites for hydroxylation is 1. The molecule has 0 bridgehead atoms. The summed E-state index contributed by atoms with van der Waals surface area (Å²) in [6, 6.07) is 12.3. The van der Waals surface area contributed by atoms with E-state index >= 15 is 0 Å². The Bertz CT molecular complexity index is 813. The SMILES string of the molecule is Cc1oc(-c2ccccc2)nc1C(=O)Nc1ncccc1O. The molecule has 2 aromatic heterocycles. The van der Waals surface area contributed by atoms with Crippen molar-refractivity contribution in [2.75, 3.05) is 5.32 Å². The van der Waals surface area contributed by atoms with Crippen LogP contribution >= 0.6 is 0 Å². The van der Waals surface area contributed by atoms with Crippen molar-refractivity contribution < 1.29 is 14.3 Å². The molecule has 0 aliphatic rings. The highest BCUT2D eigenvalue weighted by Gasteiger charge is 2.19. The molecule has 1 amide bonds. The lowest BCUT2D eigenvalue weighted by Gasteiger charge is -2.03. The fraction of sp³-hybridized carbons (Fsp3) is 0.0625. The van der Waals surface area contributed by atoms with Gasteiger partial charge >= 0.3 is 0 Å². The highest BCUT2D eigenvalue weighted by Crippen LogP contribution is 2.23. The van der Waals surface area contributed by atoms with Crippen LogP contribution in [0.25, 0.3) is 11.5 Å². The molecule has 110 valence electrons. The maximum atomic E-state index is 12.2. The van der Waals surface area contributed by atoms with Crippen LogP contribution in [0.2, 0.25) is 0 Å². The average molecular weight is 295 g/mol. The molecule has 0 saturated heterocycles. The van der Waals surface area contributed by atoms with Gasteiger partial charge in [-0.3, -0.25) is 4.79 Å². The number of carbonyl (C=O) groups is 1. The minimum absolute atomic E-state index is 0.0798. The molecule has 0 fully saturated rings. The summed E-state index contributed by atoms with van der Waals surface area (Å²) in [5.74, 6) is 0.245. The van der Waals surface area contributed by atoms with Crippen LogP contribution < -0.4 is 5.32 Å². The Morgan fingerprint density at radius 3 is 2.68 bits per heavy atom. The standard InChI is InChI=1S/C16H13N3O3/c1-10-13(15(21)19-14-12(20)8-5-9-17-14)18-16(22-10)11-6-3-2-4-7-11/h2-9,20H,1H3,(H,17,19,21). The summed E-state index contributed by atoms with van der Waals surface area (Å²) in [7, 11) is 0. The molecular weight excluding hydrogens is 282 g/mol. The van der Waals surface area contributed by atoms with E-state index in [0.717, 1.165) is 5.56 Å². The van der Waals surface area contributed by atoms with Gasteiger partial charge in [-0.1, -0.05) is 18.2 Å². The fourth-order valence-electron chi connectivity index (χ4n) is 1.97. The van der Waals surface area contributed by atoms with Gasteiger partial charge in [-0.15, -0.1) is 0 Å². The van der Waals surface area contributed by atoms with Gasteiger partial charge in [-0.2, -0.15) is 0 Å². The van der Waals surface area contributed by atoms with Crippen molar-refractivity contribution >= 4 is 11.7 Å². The molecule has 6 nitrogen and oxygen atoms in total. The van der Waals surface area contributed by atoms with Crippen LogP contribution in [0.1, 0.15) is 16.2 Å². The Kier molecular flexibility index (Phi) is 3.57. The number of oxazole rings is 1. The van der Waals surface area contributed by atoms with Gasteiger partial charge in [0.1, 0.15) is 5.76 Å². The van der Waals surface area contributed by atoms with Gasteiger partial charge in [-0.25, -0.2) is 9.97 Å². The first-order chi connectivity index (χ1) is 10.6. The average Bonchev–Trinajstić information content (AvgIpc) is 2.92. The van der Waals surface area contributed by atoms with Crippen LogP contribution in [-0.2, 0) is 0 Å². The van der Waals surface area contributed by atoms with E-state index in [0.29, 0.717) is 11.7 Å². The predicted molar refractivity (Wildman–Crippen MR) is 80.5 cm³/mol. The summed E-state index contributed by atoms with van der Waals surface area (Å²) >= 11 is 0. The van der Waals surface area contributed by atoms with Crippen molar-refractivity contribution in [1.29, 1.82) is 0 Å². The number of hydrogen-bond acceptors (Lipinski definition) is 5. The number of pyridine rings is 1. The van der Waals surface area contributed by atoms with Crippen molar-refractivity contribution in [3.63, 3.8) is 0 Å². The predicted octanol–water partition coefficient (Wildman–Crippen LogP) is 3.00. The van der Waals surface area contributed by atoms with Gasteiger partial charge in [0.05, 0.1) is 0 Å². The normalized spacial score (nSPS) is 10.4. The summed E-state index contributed by atoms with van der Waals surface area (Å²) in [4.78, 5) is 20.4. The monoisotopic (exact) mass is 295 g/mol. The quantitative estimate of drug-likeness (QED) is 0.775. The zero-order chi connectivity index (χ0) is 15.5. The van der Waals surface area contributed by atoms with E-state index in [4.69, 9.17) is 4.42 Å². The number of nitrogens with one attached hydrogen (secondary N) is 1. The second-order valence-electron chi connectivity index (χ2n) is 4.62. The zero-order valence-electron chi connectivity index (χ0n) is 11.8. The first-order valence-corrected chi connectivity index (χ1v) is 6.63. The fourth-order valence-corrected chi connectivity index (χ4v) is 1.97. The van der Waals surface area contributed by atoms with Crippen LogP contribution in [0.4, 0.5) is 5.82 Å². The first kappa shape index (κ1) is 13.8. The second-order valence-corrected chi connectivity index (χ2v) is 4.62. The summed E-state index contributed by atoms with van der Waals surface area (Å²) in [5, 5.41) is 12.1. The second kappa shape index (κ2) is 5.69. The van der Waals surface area contributed by atoms with Gasteiger partial charge in [-0.05, 0) is 31.2 Å². The maximum absolute atomic E-state index is 12.2. The Morgan fingerprint density at radius 1 is 1.18 bits per heavy atom. The lowest BCUT2D eigenvalue weighted by Crippen LogP contribution is -2.14. The van der Waals surface area contributed by atoms with Crippen LogP contribution in [0.3, 0.4) is 0 Å². The zero-order valence-corrected chi connectivity index (χ0v) is 11.8. The van der Waals surface area contributed by atoms with E-state index in [2.05, 4.69) is 15.3 Å². The smallest absolute Gasteiger partial charge is 0.279 e. The van der Waals surface area contributed by atoms with Crippen LogP contribution in [0.5, 0.6) is 5.75 Å². The Labute approximate surface area is 126 Å². The molecule has 1 aromatic carbocycles. The number of anilines is 1. The van der Waals surface area contributed by atoms with E-state index in [1.165, 1.54) is 12.3 Å². The Morgan fingerprint density at radius 2 is 1.95 bits per heavy atom. The van der Waals surface area contributed by atoms with Gasteiger partial charge < -0.3 is 14.8 Å². The number of aromatic nitrogens is 2. The lowest BCUT2D eigenvalue weighted by molar-refractivity contribution is 0.102. The molecule has 2 heterocycles. The minimum atomic E-state index is -0.488. The third-order valence-electron chi connectivity index (χ3n) is 3.05. The van der Waals surface area contributed by atoms with Gasteiger partial charge in [0.25, 0.3) is 5.91 Å². The van der Waals surface area contributed by atoms with E-state index in [-0.39, 0.29) is 17.3 Å². The van der Waals surface area contributed by atoms with Crippen molar-refractivity contribution in [1.82, 2.24) is 9.97 Å². The van der Waals surface area contributed by atoms with Crippen LogP contribution in [0, 0.1) is 6.92 Å². The number of carbonyl (C=O) groups excluding carboxylic acids is 1. The number of hydrogen-bond donors (Lipinski definition) is 2. The molecule has 0 atom stereocenters. The molecule has 0 unspecified atom stereocenters. The third kappa shape index (κ3) is 2.67. The number of nitrogens with zero attached hydrogens (tertiary/aromatic N) is 2. The van der Waals surface area contributed by atoms with E-state index in [9.17, 15) is 9.90 Å². The first-order valence-electron chi connectivity index (χ1n) is 6.63. The number of rotatable bonds is 3. The van der Waals surface area contributed by atoms with Gasteiger partial charge in [0.2, 0.25) is 5.89 Å². The molecule has 3 aromatic rings. The molecule has 6 heteroatoms. The summed E-state index contributed by atoms with van der Waals surface area (Å²) in [6.07, 6.45) is 1.47. The summed E-state index contributed by atoms with van der Waals surface area (Å²) in [6.45, 7) is 1.66. The Balaban J connectivity index is 1.88. The molecule has 22 heavy (non-hydrogen) atoms. The minimum Gasteiger partial charge on any atom is -0.504 e. The van der Waals surface area contributed by atoms with Crippen molar-refractivity contribution in [2.24, 2.45) is 0 Å². The van der Waals surface area contributed by atoms with Crippen LogP contribution in [-0.4, -0.2) is 21.0 Å². The number of benzene rings is 1. The van der Waals surface area contributed by atoms with Crippen molar-refractivity contribution in [2.45, 2.75) is 6.92 Å². The topological polar surface area (TPSA) is 88.3 Å². The maximum Gasteiger partial charge on any atom is 0.279 e. The molecule has 0 aliphatic carbocycles. The van der Waals surface area contributed by atoms with E-state index in [1.54, 1.807) is 13.0 Å². The summed E-state index contributed by atoms with van der Waals surface area (Å²) in [5.41, 5.74) is 0.939. The molecule has 0 aliphatic heterocycles.